The molecule has 0 amide bonds. The van der Waals surface area contributed by atoms with Crippen LogP contribution in [0.4, 0.5) is 0 Å². The maximum Gasteiger partial charge on any atom is 0.379 e. The predicted octanol–water partition coefficient (Wildman–Crippen LogP) is -0.0421. The zero-order chi connectivity index (χ0) is 6.57. The van der Waals surface area contributed by atoms with Crippen LogP contribution in [0.5, 0.6) is 0 Å². The number of rotatable bonds is 0. The van der Waals surface area contributed by atoms with E-state index in [0.717, 1.165) is 6.08 Å². The highest BCUT2D eigenvalue weighted by molar-refractivity contribution is 5.99. The lowest BCUT2D eigenvalue weighted by Crippen LogP contribution is -1.49. The molecular formula is C4H3NO3. The zero-order valence-corrected chi connectivity index (χ0v) is 3.93. The van der Waals surface area contributed by atoms with Crippen LogP contribution < -0.4 is 0 Å². The number of carbonyl (C=O) groups is 1. The number of epoxide rings is 1. The number of cyclic esters (lactones) is 1. The van der Waals surface area contributed by atoms with E-state index in [0.29, 0.717) is 0 Å². The fourth-order valence-electron chi connectivity index (χ4n) is 0.0864. The molecule has 0 atom stereocenters. The number of hydrogen-bond acceptors (Lipinski definition) is 4. The number of nitrogens with one attached hydrogen (secondary N) is 1. The lowest BCUT2D eigenvalue weighted by molar-refractivity contribution is -0.117. The van der Waals surface area contributed by atoms with Crippen molar-refractivity contribution in [3.05, 3.63) is 12.3 Å². The van der Waals surface area contributed by atoms with E-state index in [1.54, 1.807) is 0 Å². The third kappa shape index (κ3) is 2.81. The van der Waals surface area contributed by atoms with Gasteiger partial charge >= 0.3 is 5.97 Å². The minimum absolute atomic E-state index is 0.273. The SMILES string of the molecule is C=C1OC1=O.N=C=O. The molecule has 1 N–H and O–H groups in total. The molecular weight excluding hydrogens is 110 g/mol. The molecule has 1 aliphatic rings. The number of isocyanates is 1. The predicted molar refractivity (Wildman–Crippen MR) is 23.6 cm³/mol. The maximum absolute atomic E-state index is 9.56. The molecule has 0 aromatic carbocycles. The van der Waals surface area contributed by atoms with Gasteiger partial charge in [0, 0.05) is 0 Å². The van der Waals surface area contributed by atoms with E-state index in [1.165, 1.54) is 0 Å². The summed E-state index contributed by atoms with van der Waals surface area (Å²) in [4.78, 5) is 17.9. The van der Waals surface area contributed by atoms with Crippen molar-refractivity contribution in [2.75, 3.05) is 0 Å². The molecule has 42 valence electrons. The van der Waals surface area contributed by atoms with Crippen molar-refractivity contribution in [3.8, 4) is 0 Å². The first-order valence-electron chi connectivity index (χ1n) is 1.67. The van der Waals surface area contributed by atoms with E-state index in [4.69, 9.17) is 10.2 Å². The topological polar surface area (TPSA) is 70.5 Å². The quantitative estimate of drug-likeness (QED) is 0.207. The van der Waals surface area contributed by atoms with E-state index >= 15 is 0 Å². The Balaban J connectivity index is 0.000000145. The largest absolute Gasteiger partial charge is 0.414 e. The molecule has 0 aromatic rings. The molecule has 4 heteroatoms. The van der Waals surface area contributed by atoms with Gasteiger partial charge in [0.25, 0.3) is 0 Å². The van der Waals surface area contributed by atoms with E-state index in [1.807, 2.05) is 0 Å². The summed E-state index contributed by atoms with van der Waals surface area (Å²) in [5.74, 6) is 0.00926. The van der Waals surface area contributed by atoms with Gasteiger partial charge < -0.3 is 4.74 Å². The normalized spacial score (nSPS) is 12.5. The lowest BCUT2D eigenvalue weighted by atomic mass is 10.8. The van der Waals surface area contributed by atoms with Gasteiger partial charge in [-0.2, -0.15) is 0 Å². The molecule has 0 aromatic heterocycles. The molecule has 4 nitrogen and oxygen atoms in total. The van der Waals surface area contributed by atoms with Gasteiger partial charge in [0.15, 0.2) is 0 Å². The third-order valence-electron chi connectivity index (χ3n) is 0.402. The van der Waals surface area contributed by atoms with Gasteiger partial charge in [-0.3, -0.25) is 0 Å². The van der Waals surface area contributed by atoms with Gasteiger partial charge in [-0.1, -0.05) is 0 Å². The molecule has 0 bridgehead atoms. The third-order valence-corrected chi connectivity index (χ3v) is 0.402. The first-order chi connectivity index (χ1) is 3.72. The second-order valence-corrected chi connectivity index (χ2v) is 0.915. The van der Waals surface area contributed by atoms with Crippen LogP contribution in [0.2, 0.25) is 0 Å². The minimum atomic E-state index is -0.273. The molecule has 8 heavy (non-hydrogen) atoms. The Kier molecular flexibility index (Phi) is 2.23. The summed E-state index contributed by atoms with van der Waals surface area (Å²) in [7, 11) is 0. The Morgan fingerprint density at radius 2 is 1.88 bits per heavy atom. The summed E-state index contributed by atoms with van der Waals surface area (Å²) in [5, 5.41) is 5.40. The standard InChI is InChI=1S/C3H2O2.CHNO/c1-2-3(4)5-2;2-1-3/h1H2;2H. The molecule has 1 saturated heterocycles. The average molecular weight is 113 g/mol. The van der Waals surface area contributed by atoms with E-state index in [9.17, 15) is 4.79 Å². The monoisotopic (exact) mass is 113 g/mol. The summed E-state index contributed by atoms with van der Waals surface area (Å²) in [6.07, 6.45) is 0.750. The van der Waals surface area contributed by atoms with Gasteiger partial charge in [0.2, 0.25) is 11.8 Å². The van der Waals surface area contributed by atoms with Crippen molar-refractivity contribution in [3.63, 3.8) is 0 Å². The highest BCUT2D eigenvalue weighted by Gasteiger charge is 2.26. The highest BCUT2D eigenvalue weighted by Crippen LogP contribution is 2.11. The molecule has 1 fully saturated rings. The van der Waals surface area contributed by atoms with E-state index in [-0.39, 0.29) is 11.7 Å². The van der Waals surface area contributed by atoms with Crippen LogP contribution in [0.3, 0.4) is 0 Å². The van der Waals surface area contributed by atoms with Gasteiger partial charge in [-0.15, -0.1) is 0 Å². The summed E-state index contributed by atoms with van der Waals surface area (Å²) in [5.41, 5.74) is 0. The maximum atomic E-state index is 9.56. The van der Waals surface area contributed by atoms with Gasteiger partial charge in [-0.05, 0) is 6.58 Å². The smallest absolute Gasteiger partial charge is 0.379 e. The molecule has 1 heterocycles. The molecule has 0 unspecified atom stereocenters. The minimum Gasteiger partial charge on any atom is -0.414 e. The van der Waals surface area contributed by atoms with Crippen molar-refractivity contribution in [2.45, 2.75) is 0 Å². The summed E-state index contributed by atoms with van der Waals surface area (Å²) in [6.45, 7) is 3.18. The molecule has 1 rings (SSSR count). The van der Waals surface area contributed by atoms with Gasteiger partial charge in [0.05, 0.1) is 0 Å². The second kappa shape index (κ2) is 2.71. The zero-order valence-electron chi connectivity index (χ0n) is 3.93. The lowest BCUT2D eigenvalue weighted by Gasteiger charge is -1.33. The van der Waals surface area contributed by atoms with Crippen LogP contribution in [-0.4, -0.2) is 12.0 Å². The first kappa shape index (κ1) is 6.59. The molecule has 0 saturated carbocycles. The molecule has 1 aliphatic heterocycles. The van der Waals surface area contributed by atoms with Crippen LogP contribution in [0.25, 0.3) is 0 Å². The molecule has 0 radical (unpaired) electrons. The Bertz CT molecular complexity index is 143. The first-order valence-corrected chi connectivity index (χ1v) is 1.67. The van der Waals surface area contributed by atoms with Crippen molar-refractivity contribution in [2.24, 2.45) is 0 Å². The number of hydrogen-bond donors (Lipinski definition) is 1. The summed E-state index contributed by atoms with van der Waals surface area (Å²) >= 11 is 0. The van der Waals surface area contributed by atoms with Crippen LogP contribution in [0, 0.1) is 5.41 Å². The summed E-state index contributed by atoms with van der Waals surface area (Å²) < 4.78 is 4.08. The Morgan fingerprint density at radius 1 is 1.75 bits per heavy atom. The van der Waals surface area contributed by atoms with Crippen LogP contribution >= 0.6 is 0 Å². The van der Waals surface area contributed by atoms with Crippen molar-refractivity contribution >= 4 is 12.0 Å². The average Bonchev–Trinajstić information content (AvgIpc) is 2.22. The van der Waals surface area contributed by atoms with Gasteiger partial charge in [0.1, 0.15) is 0 Å². The Morgan fingerprint density at radius 3 is 1.88 bits per heavy atom. The second-order valence-electron chi connectivity index (χ2n) is 0.915. The van der Waals surface area contributed by atoms with Crippen LogP contribution in [0.15, 0.2) is 12.3 Å². The Hall–Kier alpha value is -1.41. The fraction of sp³-hybridized carbons (Fsp3) is 0. The van der Waals surface area contributed by atoms with E-state index in [2.05, 4.69) is 11.3 Å². The van der Waals surface area contributed by atoms with Crippen molar-refractivity contribution in [1.82, 2.24) is 0 Å². The Labute approximate surface area is 45.3 Å². The van der Waals surface area contributed by atoms with Crippen LogP contribution in [0.1, 0.15) is 0 Å². The van der Waals surface area contributed by atoms with Gasteiger partial charge in [-0.25, -0.2) is 15.0 Å². The van der Waals surface area contributed by atoms with Crippen LogP contribution in [-0.2, 0) is 14.3 Å². The molecule has 0 spiro atoms. The summed E-state index contributed by atoms with van der Waals surface area (Å²) in [6, 6.07) is 0. The highest BCUT2D eigenvalue weighted by atomic mass is 16.6. The van der Waals surface area contributed by atoms with Crippen molar-refractivity contribution in [1.29, 1.82) is 5.41 Å². The van der Waals surface area contributed by atoms with Crippen molar-refractivity contribution < 1.29 is 14.3 Å². The number of carbonyl (C=O) groups excluding carboxylic acids is 2. The fourth-order valence-corrected chi connectivity index (χ4v) is 0.0864. The van der Waals surface area contributed by atoms with E-state index < -0.39 is 0 Å². The number of ether oxygens (including phenoxy) is 1. The molecule has 0 aliphatic carbocycles.